The Morgan fingerprint density at radius 1 is 1.42 bits per heavy atom. The van der Waals surface area contributed by atoms with Gasteiger partial charge < -0.3 is 10.3 Å². The fraction of sp³-hybridized carbons (Fsp3) is 0.615. The second kappa shape index (κ2) is 4.45. The number of hydrogen-bond donors (Lipinski definition) is 2. The van der Waals surface area contributed by atoms with Crippen molar-refractivity contribution in [2.75, 3.05) is 13.1 Å². The summed E-state index contributed by atoms with van der Waals surface area (Å²) in [7, 11) is 0. The molecule has 3 heterocycles. The highest BCUT2D eigenvalue weighted by molar-refractivity contribution is 5.73. The number of fused-ring (bicyclic) bond motifs is 1. The first-order valence-electron chi connectivity index (χ1n) is 6.76. The Labute approximate surface area is 111 Å². The zero-order valence-corrected chi connectivity index (χ0v) is 11.5. The molecule has 6 heteroatoms. The highest BCUT2D eigenvalue weighted by atomic mass is 16.1. The van der Waals surface area contributed by atoms with E-state index in [2.05, 4.69) is 27.3 Å². The Bertz CT molecular complexity index is 657. The highest BCUT2D eigenvalue weighted by Crippen LogP contribution is 2.25. The summed E-state index contributed by atoms with van der Waals surface area (Å²) in [6.45, 7) is 8.08. The smallest absolute Gasteiger partial charge is 0.262 e. The van der Waals surface area contributed by atoms with Crippen LogP contribution in [0, 0.1) is 5.92 Å². The third-order valence-corrected chi connectivity index (χ3v) is 3.84. The van der Waals surface area contributed by atoms with Crippen LogP contribution >= 0.6 is 0 Å². The van der Waals surface area contributed by atoms with Crippen molar-refractivity contribution in [3.05, 3.63) is 22.4 Å². The molecule has 1 fully saturated rings. The average Bonchev–Trinajstić information content (AvgIpc) is 2.94. The maximum atomic E-state index is 12.1. The topological polar surface area (TPSA) is 75.6 Å². The van der Waals surface area contributed by atoms with Crippen molar-refractivity contribution in [2.45, 2.75) is 32.7 Å². The van der Waals surface area contributed by atoms with Crippen LogP contribution in [-0.4, -0.2) is 32.8 Å². The molecular weight excluding hydrogens is 242 g/mol. The summed E-state index contributed by atoms with van der Waals surface area (Å²) >= 11 is 0. The zero-order chi connectivity index (χ0) is 13.6. The summed E-state index contributed by atoms with van der Waals surface area (Å²) < 4.78 is 1.81. The summed E-state index contributed by atoms with van der Waals surface area (Å²) in [6.07, 6.45) is 1.60. The van der Waals surface area contributed by atoms with E-state index in [-0.39, 0.29) is 17.5 Å². The van der Waals surface area contributed by atoms with Crippen LogP contribution in [0.5, 0.6) is 0 Å². The molecule has 19 heavy (non-hydrogen) atoms. The third-order valence-electron chi connectivity index (χ3n) is 3.84. The summed E-state index contributed by atoms with van der Waals surface area (Å²) in [5, 5.41) is 8.16. The number of rotatable bonds is 2. The SMILES string of the molecule is CC1CNCC1c1nc2c(cnn2C(C)C)c(=O)[nH]1. The van der Waals surface area contributed by atoms with Crippen LogP contribution in [-0.2, 0) is 0 Å². The van der Waals surface area contributed by atoms with Gasteiger partial charge in [0.25, 0.3) is 5.56 Å². The molecule has 0 aliphatic carbocycles. The van der Waals surface area contributed by atoms with Gasteiger partial charge in [0, 0.05) is 18.5 Å². The van der Waals surface area contributed by atoms with Gasteiger partial charge in [-0.25, -0.2) is 9.67 Å². The Kier molecular flexibility index (Phi) is 2.89. The molecule has 0 aromatic carbocycles. The molecule has 1 aliphatic heterocycles. The molecule has 1 aliphatic rings. The first-order chi connectivity index (χ1) is 9.08. The summed E-state index contributed by atoms with van der Waals surface area (Å²) in [5.74, 6) is 1.53. The van der Waals surface area contributed by atoms with Gasteiger partial charge in [-0.3, -0.25) is 4.79 Å². The van der Waals surface area contributed by atoms with E-state index >= 15 is 0 Å². The van der Waals surface area contributed by atoms with Gasteiger partial charge >= 0.3 is 0 Å². The number of aromatic nitrogens is 4. The van der Waals surface area contributed by atoms with Gasteiger partial charge in [0.1, 0.15) is 11.2 Å². The van der Waals surface area contributed by atoms with Crippen LogP contribution in [0.15, 0.2) is 11.0 Å². The third kappa shape index (κ3) is 1.96. The van der Waals surface area contributed by atoms with E-state index in [0.717, 1.165) is 18.9 Å². The number of nitrogens with zero attached hydrogens (tertiary/aromatic N) is 3. The van der Waals surface area contributed by atoms with Crippen LogP contribution in [0.3, 0.4) is 0 Å². The first-order valence-corrected chi connectivity index (χ1v) is 6.76. The van der Waals surface area contributed by atoms with Crippen molar-refractivity contribution in [3.63, 3.8) is 0 Å². The van der Waals surface area contributed by atoms with Crippen LogP contribution in [0.2, 0.25) is 0 Å². The lowest BCUT2D eigenvalue weighted by atomic mass is 9.97. The molecule has 3 rings (SSSR count). The predicted molar refractivity (Wildman–Crippen MR) is 73.3 cm³/mol. The zero-order valence-electron chi connectivity index (χ0n) is 11.5. The molecule has 2 atom stereocenters. The van der Waals surface area contributed by atoms with Gasteiger partial charge in [0.2, 0.25) is 0 Å². The monoisotopic (exact) mass is 261 g/mol. The molecule has 0 amide bonds. The lowest BCUT2D eigenvalue weighted by Gasteiger charge is -2.14. The van der Waals surface area contributed by atoms with Crippen molar-refractivity contribution in [1.29, 1.82) is 0 Å². The minimum atomic E-state index is -0.0917. The maximum Gasteiger partial charge on any atom is 0.262 e. The Balaban J connectivity index is 2.17. The molecular formula is C13H19N5O. The Morgan fingerprint density at radius 3 is 2.84 bits per heavy atom. The van der Waals surface area contributed by atoms with E-state index in [4.69, 9.17) is 0 Å². The molecule has 0 bridgehead atoms. The van der Waals surface area contributed by atoms with Crippen molar-refractivity contribution in [2.24, 2.45) is 5.92 Å². The molecule has 1 saturated heterocycles. The summed E-state index contributed by atoms with van der Waals surface area (Å²) in [6, 6.07) is 0.193. The van der Waals surface area contributed by atoms with Crippen LogP contribution in [0.4, 0.5) is 0 Å². The standard InChI is InChI=1S/C13H19N5O/c1-7(2)18-12-10(6-15-18)13(19)17-11(16-12)9-5-14-4-8(9)3/h6-9,14H,4-5H2,1-3H3,(H,16,17,19). The van der Waals surface area contributed by atoms with Gasteiger partial charge in [-0.05, 0) is 26.3 Å². The predicted octanol–water partition coefficient (Wildman–Crippen LogP) is 1.02. The molecule has 2 unspecified atom stereocenters. The van der Waals surface area contributed by atoms with Gasteiger partial charge in [-0.15, -0.1) is 0 Å². The van der Waals surface area contributed by atoms with E-state index < -0.39 is 0 Å². The van der Waals surface area contributed by atoms with Gasteiger partial charge in [-0.1, -0.05) is 6.92 Å². The number of nitrogens with one attached hydrogen (secondary N) is 2. The molecule has 2 aromatic rings. The van der Waals surface area contributed by atoms with E-state index in [1.807, 2.05) is 13.8 Å². The fourth-order valence-corrected chi connectivity index (χ4v) is 2.68. The molecule has 0 radical (unpaired) electrons. The van der Waals surface area contributed by atoms with Crippen LogP contribution in [0.25, 0.3) is 11.0 Å². The van der Waals surface area contributed by atoms with Gasteiger partial charge in [-0.2, -0.15) is 5.10 Å². The van der Waals surface area contributed by atoms with E-state index in [0.29, 0.717) is 17.0 Å². The summed E-state index contributed by atoms with van der Waals surface area (Å²) in [4.78, 5) is 19.7. The number of H-pyrrole nitrogens is 1. The van der Waals surface area contributed by atoms with Gasteiger partial charge in [0.15, 0.2) is 5.65 Å². The van der Waals surface area contributed by atoms with Crippen molar-refractivity contribution >= 4 is 11.0 Å². The van der Waals surface area contributed by atoms with E-state index in [9.17, 15) is 4.79 Å². The molecule has 0 saturated carbocycles. The lowest BCUT2D eigenvalue weighted by Crippen LogP contribution is -2.19. The second-order valence-corrected chi connectivity index (χ2v) is 5.61. The highest BCUT2D eigenvalue weighted by Gasteiger charge is 2.27. The van der Waals surface area contributed by atoms with Crippen molar-refractivity contribution in [3.8, 4) is 0 Å². The van der Waals surface area contributed by atoms with Crippen molar-refractivity contribution < 1.29 is 0 Å². The molecule has 0 spiro atoms. The molecule has 102 valence electrons. The van der Waals surface area contributed by atoms with E-state index in [1.54, 1.807) is 10.9 Å². The van der Waals surface area contributed by atoms with E-state index in [1.165, 1.54) is 0 Å². The fourth-order valence-electron chi connectivity index (χ4n) is 2.68. The Morgan fingerprint density at radius 2 is 2.21 bits per heavy atom. The minimum absolute atomic E-state index is 0.0917. The number of aromatic amines is 1. The Hall–Kier alpha value is -1.69. The van der Waals surface area contributed by atoms with Crippen LogP contribution < -0.4 is 10.9 Å². The normalized spacial score (nSPS) is 23.6. The molecule has 2 N–H and O–H groups in total. The van der Waals surface area contributed by atoms with Crippen LogP contribution in [0.1, 0.15) is 38.6 Å². The maximum absolute atomic E-state index is 12.1. The molecule has 6 nitrogen and oxygen atoms in total. The number of hydrogen-bond acceptors (Lipinski definition) is 4. The molecule has 2 aromatic heterocycles. The lowest BCUT2D eigenvalue weighted by molar-refractivity contribution is 0.531. The first kappa shape index (κ1) is 12.3. The van der Waals surface area contributed by atoms with Crippen molar-refractivity contribution in [1.82, 2.24) is 25.1 Å². The largest absolute Gasteiger partial charge is 0.316 e. The quantitative estimate of drug-likeness (QED) is 0.846. The summed E-state index contributed by atoms with van der Waals surface area (Å²) in [5.41, 5.74) is 0.596. The average molecular weight is 261 g/mol. The minimum Gasteiger partial charge on any atom is -0.316 e. The van der Waals surface area contributed by atoms with Gasteiger partial charge in [0.05, 0.1) is 6.20 Å². The second-order valence-electron chi connectivity index (χ2n) is 5.61.